The van der Waals surface area contributed by atoms with Gasteiger partial charge in [-0.05, 0) is 77.0 Å². The summed E-state index contributed by atoms with van der Waals surface area (Å²) in [6.45, 7) is 4.43. The first-order valence-corrected chi connectivity index (χ1v) is 20.5. The van der Waals surface area contributed by atoms with Gasteiger partial charge in [-0.15, -0.1) is 0 Å². The Kier molecular flexibility index (Phi) is 33.6. The zero-order valence-corrected chi connectivity index (χ0v) is 34.2. The van der Waals surface area contributed by atoms with E-state index in [0.29, 0.717) is 12.8 Å². The highest BCUT2D eigenvalue weighted by molar-refractivity contribution is 5.70. The molecule has 0 amide bonds. The molecule has 0 spiro atoms. The maximum absolute atomic E-state index is 12.7. The lowest BCUT2D eigenvalue weighted by Crippen LogP contribution is -2.55. The molecule has 0 aromatic rings. The van der Waals surface area contributed by atoms with Crippen molar-refractivity contribution in [1.82, 2.24) is 0 Å². The van der Waals surface area contributed by atoms with Gasteiger partial charge in [0.1, 0.15) is 12.6 Å². The molecule has 0 heterocycles. The number of carboxylic acid groups (broad SMARTS) is 1. The van der Waals surface area contributed by atoms with Crippen LogP contribution in [0.4, 0.5) is 0 Å². The lowest BCUT2D eigenvalue weighted by molar-refractivity contribution is -0.889. The van der Waals surface area contributed by atoms with E-state index in [2.05, 4.69) is 86.8 Å². The Labute approximate surface area is 323 Å². The molecule has 2 unspecified atom stereocenters. The Balaban J connectivity index is 4.52. The quantitative estimate of drug-likeness (QED) is 0.0276. The molecule has 0 aliphatic heterocycles. The molecular weight excluding hydrogens is 666 g/mol. The van der Waals surface area contributed by atoms with E-state index < -0.39 is 18.1 Å². The van der Waals surface area contributed by atoms with Crippen LogP contribution in [0.1, 0.15) is 142 Å². The van der Waals surface area contributed by atoms with E-state index >= 15 is 0 Å². The van der Waals surface area contributed by atoms with E-state index in [1.165, 1.54) is 32.1 Å². The number of allylic oxidation sites excluding steroid dienone is 12. The van der Waals surface area contributed by atoms with E-state index in [9.17, 15) is 19.5 Å². The summed E-state index contributed by atoms with van der Waals surface area (Å²) >= 11 is 0. The van der Waals surface area contributed by atoms with Gasteiger partial charge in [0.05, 0.1) is 40.3 Å². The van der Waals surface area contributed by atoms with E-state index in [-0.39, 0.29) is 49.1 Å². The van der Waals surface area contributed by atoms with Crippen LogP contribution in [0.3, 0.4) is 0 Å². The predicted octanol–water partition coefficient (Wildman–Crippen LogP) is 9.46. The van der Waals surface area contributed by atoms with Crippen molar-refractivity contribution in [3.05, 3.63) is 72.9 Å². The van der Waals surface area contributed by atoms with Gasteiger partial charge in [0.25, 0.3) is 0 Å². The lowest BCUT2D eigenvalue weighted by Gasteiger charge is -2.34. The molecule has 0 radical (unpaired) electrons. The van der Waals surface area contributed by atoms with Crippen LogP contribution in [0.25, 0.3) is 0 Å². The molecule has 0 N–H and O–H groups in total. The molecule has 0 aliphatic carbocycles. The molecule has 0 bridgehead atoms. The summed E-state index contributed by atoms with van der Waals surface area (Å²) in [5.41, 5.74) is 0. The van der Waals surface area contributed by atoms with Crippen molar-refractivity contribution in [3.8, 4) is 0 Å². The standard InChI is InChI=1S/C45H75NO7/c1-6-8-10-12-14-16-18-20-21-22-23-24-26-28-30-32-34-36-44(48)53-41(39-51-38-37-42(45(49)50)46(3,4)5)40-52-43(47)35-33-31-29-27-25-19-17-15-13-11-9-7-2/h8,10,14-17,20-21,23-24,28,30,41-42H,6-7,9,11-13,18-19,22,25-27,29,31-40H2,1-5H3/b10-8+,16-14+,17-15+,21-20+,24-23+,30-28+. The summed E-state index contributed by atoms with van der Waals surface area (Å²) in [4.78, 5) is 36.7. The van der Waals surface area contributed by atoms with E-state index in [1.54, 1.807) is 21.1 Å². The summed E-state index contributed by atoms with van der Waals surface area (Å²) in [6.07, 6.45) is 43.6. The number of carbonyl (C=O) groups excluding carboxylic acids is 3. The Morgan fingerprint density at radius 3 is 1.64 bits per heavy atom. The number of quaternary nitrogens is 1. The van der Waals surface area contributed by atoms with E-state index in [4.69, 9.17) is 14.2 Å². The highest BCUT2D eigenvalue weighted by atomic mass is 16.6. The number of nitrogens with zero attached hydrogens (tertiary/aromatic N) is 1. The van der Waals surface area contributed by atoms with Gasteiger partial charge in [0, 0.05) is 19.3 Å². The Morgan fingerprint density at radius 2 is 1.08 bits per heavy atom. The van der Waals surface area contributed by atoms with Crippen molar-refractivity contribution < 1.29 is 38.2 Å². The first-order valence-electron chi connectivity index (χ1n) is 20.5. The van der Waals surface area contributed by atoms with Crippen molar-refractivity contribution >= 4 is 17.9 Å². The summed E-state index contributed by atoms with van der Waals surface area (Å²) < 4.78 is 17.0. The average molecular weight is 742 g/mol. The number of carbonyl (C=O) groups is 3. The van der Waals surface area contributed by atoms with Gasteiger partial charge in [-0.25, -0.2) is 0 Å². The number of esters is 2. The molecule has 0 aromatic carbocycles. The van der Waals surface area contributed by atoms with E-state index in [1.807, 2.05) is 0 Å². The first-order chi connectivity index (χ1) is 25.6. The summed E-state index contributed by atoms with van der Waals surface area (Å²) in [5.74, 6) is -1.83. The highest BCUT2D eigenvalue weighted by Gasteiger charge is 2.25. The first kappa shape index (κ1) is 49.8. The lowest BCUT2D eigenvalue weighted by atomic mass is 10.1. The molecule has 302 valence electrons. The molecule has 0 saturated heterocycles. The third-order valence-electron chi connectivity index (χ3n) is 8.58. The third-order valence-corrected chi connectivity index (χ3v) is 8.58. The Hall–Kier alpha value is -3.23. The second kappa shape index (κ2) is 35.8. The number of unbranched alkanes of at least 4 members (excludes halogenated alkanes) is 9. The third kappa shape index (κ3) is 34.3. The number of likely N-dealkylation sites (N-methyl/N-ethyl adjacent to an activating group) is 1. The molecule has 2 atom stereocenters. The Morgan fingerprint density at radius 1 is 0.585 bits per heavy atom. The van der Waals surface area contributed by atoms with Gasteiger partial charge >= 0.3 is 11.9 Å². The fourth-order valence-electron chi connectivity index (χ4n) is 5.39. The topological polar surface area (TPSA) is 102 Å². The normalized spacial score (nSPS) is 13.8. The van der Waals surface area contributed by atoms with Crippen molar-refractivity contribution in [2.45, 2.75) is 154 Å². The zero-order chi connectivity index (χ0) is 39.3. The number of rotatable bonds is 35. The molecule has 0 aromatic heterocycles. The Bertz CT molecular complexity index is 1100. The van der Waals surface area contributed by atoms with Crippen LogP contribution in [0.5, 0.6) is 0 Å². The zero-order valence-electron chi connectivity index (χ0n) is 34.2. The molecular formula is C45H75NO7. The monoisotopic (exact) mass is 742 g/mol. The van der Waals surface area contributed by atoms with Gasteiger partial charge in [0.2, 0.25) is 0 Å². The largest absolute Gasteiger partial charge is 0.544 e. The molecule has 0 fully saturated rings. The van der Waals surface area contributed by atoms with Crippen molar-refractivity contribution in [3.63, 3.8) is 0 Å². The minimum Gasteiger partial charge on any atom is -0.544 e. The van der Waals surface area contributed by atoms with Crippen molar-refractivity contribution in [2.75, 3.05) is 41.0 Å². The van der Waals surface area contributed by atoms with Crippen molar-refractivity contribution in [1.29, 1.82) is 0 Å². The van der Waals surface area contributed by atoms with Gasteiger partial charge < -0.3 is 28.6 Å². The summed E-state index contributed by atoms with van der Waals surface area (Å²) in [7, 11) is 5.37. The van der Waals surface area contributed by atoms with Crippen molar-refractivity contribution in [2.24, 2.45) is 0 Å². The van der Waals surface area contributed by atoms with Crippen LogP contribution in [0.15, 0.2) is 72.9 Å². The van der Waals surface area contributed by atoms with Crippen LogP contribution < -0.4 is 5.11 Å². The van der Waals surface area contributed by atoms with Gasteiger partial charge in [-0.2, -0.15) is 0 Å². The number of hydrogen-bond donors (Lipinski definition) is 0. The maximum atomic E-state index is 12.7. The molecule has 0 aliphatic rings. The fraction of sp³-hybridized carbons (Fsp3) is 0.667. The molecule has 0 rings (SSSR count). The van der Waals surface area contributed by atoms with Crippen LogP contribution in [0.2, 0.25) is 0 Å². The molecule has 8 nitrogen and oxygen atoms in total. The van der Waals surface area contributed by atoms with Gasteiger partial charge in [-0.3, -0.25) is 9.59 Å². The van der Waals surface area contributed by atoms with Crippen LogP contribution in [0, 0.1) is 0 Å². The molecule has 53 heavy (non-hydrogen) atoms. The number of aliphatic carboxylic acids is 1. The maximum Gasteiger partial charge on any atom is 0.306 e. The summed E-state index contributed by atoms with van der Waals surface area (Å²) in [6, 6.07) is -0.739. The van der Waals surface area contributed by atoms with Crippen LogP contribution in [-0.4, -0.2) is 75.5 Å². The summed E-state index contributed by atoms with van der Waals surface area (Å²) in [5, 5.41) is 11.6. The second-order valence-corrected chi connectivity index (χ2v) is 14.5. The number of hydrogen-bond acceptors (Lipinski definition) is 7. The SMILES string of the molecule is CC/C=C/C/C=C/C/C=C/C/C=C/C/C=C/CCCC(=O)OC(COCCC(C(=O)[O-])[N+](C)(C)C)COC(=O)CCCCCCC/C=C/CCCCC. The minimum absolute atomic E-state index is 0.0117. The molecule has 8 heteroatoms. The molecule has 0 saturated carbocycles. The highest BCUT2D eigenvalue weighted by Crippen LogP contribution is 2.11. The van der Waals surface area contributed by atoms with E-state index in [0.717, 1.165) is 70.6 Å². The number of ether oxygens (including phenoxy) is 3. The predicted molar refractivity (Wildman–Crippen MR) is 217 cm³/mol. The van der Waals surface area contributed by atoms with Gasteiger partial charge in [0.15, 0.2) is 6.10 Å². The fourth-order valence-corrected chi connectivity index (χ4v) is 5.39. The average Bonchev–Trinajstić information content (AvgIpc) is 3.11. The van der Waals surface area contributed by atoms with Crippen LogP contribution in [-0.2, 0) is 28.6 Å². The second-order valence-electron chi connectivity index (χ2n) is 14.5. The minimum atomic E-state index is -1.14. The smallest absolute Gasteiger partial charge is 0.306 e. The van der Waals surface area contributed by atoms with Crippen LogP contribution >= 0.6 is 0 Å². The van der Waals surface area contributed by atoms with Gasteiger partial charge in [-0.1, -0.05) is 119 Å². The number of carboxylic acids is 1.